The molecule has 0 saturated heterocycles. The third-order valence-electron chi connectivity index (χ3n) is 5.97. The van der Waals surface area contributed by atoms with E-state index < -0.39 is 0 Å². The van der Waals surface area contributed by atoms with Gasteiger partial charge in [-0.05, 0) is 88.7 Å². The predicted molar refractivity (Wildman–Crippen MR) is 127 cm³/mol. The minimum atomic E-state index is 0.906. The van der Waals surface area contributed by atoms with E-state index in [1.165, 1.54) is 60.3 Å². The Hall–Kier alpha value is -2.62. The molecule has 0 fully saturated rings. The Balaban J connectivity index is 1.60. The van der Waals surface area contributed by atoms with Crippen LogP contribution in [0.1, 0.15) is 17.5 Å². The topological polar surface area (TPSA) is 9.23 Å². The third-order valence-corrected chi connectivity index (χ3v) is 8.50. The number of rotatable bonds is 3. The maximum atomic E-state index is 5.33. The SMILES string of the molecule is COc1ccc(-c2cc3c4c(c5cc(-c6ccccc6)sc5c3s2)CCC4)cc1. The van der Waals surface area contributed by atoms with E-state index >= 15 is 0 Å². The quantitative estimate of drug-likeness (QED) is 0.292. The number of aryl methyl sites for hydroxylation is 2. The van der Waals surface area contributed by atoms with Gasteiger partial charge in [0.2, 0.25) is 0 Å². The minimum Gasteiger partial charge on any atom is -0.497 e. The van der Waals surface area contributed by atoms with Crippen LogP contribution in [0, 0.1) is 0 Å². The molecule has 0 aliphatic heterocycles. The molecule has 0 amide bonds. The maximum absolute atomic E-state index is 5.33. The highest BCUT2D eigenvalue weighted by Gasteiger charge is 2.23. The lowest BCUT2D eigenvalue weighted by atomic mass is 10.0. The lowest BCUT2D eigenvalue weighted by molar-refractivity contribution is 0.415. The van der Waals surface area contributed by atoms with E-state index in [1.807, 2.05) is 22.7 Å². The van der Waals surface area contributed by atoms with E-state index in [4.69, 9.17) is 4.74 Å². The fourth-order valence-electron chi connectivity index (χ4n) is 4.55. The molecule has 0 radical (unpaired) electrons. The van der Waals surface area contributed by atoms with Crippen molar-refractivity contribution < 1.29 is 4.74 Å². The van der Waals surface area contributed by atoms with Crippen molar-refractivity contribution in [2.45, 2.75) is 19.3 Å². The third kappa shape index (κ3) is 2.72. The number of hydrogen-bond donors (Lipinski definition) is 0. The van der Waals surface area contributed by atoms with Gasteiger partial charge in [0.25, 0.3) is 0 Å². The van der Waals surface area contributed by atoms with Crippen LogP contribution in [-0.4, -0.2) is 7.11 Å². The molecule has 29 heavy (non-hydrogen) atoms. The highest BCUT2D eigenvalue weighted by Crippen LogP contribution is 2.48. The van der Waals surface area contributed by atoms with Gasteiger partial charge in [-0.1, -0.05) is 30.3 Å². The van der Waals surface area contributed by atoms with E-state index in [2.05, 4.69) is 66.7 Å². The first-order valence-electron chi connectivity index (χ1n) is 10.0. The summed E-state index contributed by atoms with van der Waals surface area (Å²) in [6, 6.07) is 24.1. The summed E-state index contributed by atoms with van der Waals surface area (Å²) in [6.07, 6.45) is 3.69. The molecule has 0 atom stereocenters. The fourth-order valence-corrected chi connectivity index (χ4v) is 7.09. The number of benzene rings is 3. The molecular formula is C26H20OS2. The van der Waals surface area contributed by atoms with Crippen molar-refractivity contribution in [1.29, 1.82) is 0 Å². The molecule has 0 bridgehead atoms. The van der Waals surface area contributed by atoms with Gasteiger partial charge < -0.3 is 4.74 Å². The normalized spacial score (nSPS) is 13.3. The zero-order chi connectivity index (χ0) is 19.4. The van der Waals surface area contributed by atoms with Crippen LogP contribution in [0.4, 0.5) is 0 Å². The van der Waals surface area contributed by atoms with E-state index in [0.29, 0.717) is 0 Å². The van der Waals surface area contributed by atoms with Crippen LogP contribution in [0.15, 0.2) is 66.7 Å². The molecule has 1 nitrogen and oxygen atoms in total. The second-order valence-corrected chi connectivity index (χ2v) is 9.72. The fraction of sp³-hybridized carbons (Fsp3) is 0.154. The smallest absolute Gasteiger partial charge is 0.118 e. The van der Waals surface area contributed by atoms with Crippen LogP contribution >= 0.6 is 22.7 Å². The van der Waals surface area contributed by atoms with Crippen LogP contribution in [0.3, 0.4) is 0 Å². The summed E-state index contributed by atoms with van der Waals surface area (Å²) in [6.45, 7) is 0. The van der Waals surface area contributed by atoms with Gasteiger partial charge in [0.1, 0.15) is 5.75 Å². The zero-order valence-electron chi connectivity index (χ0n) is 16.2. The van der Waals surface area contributed by atoms with Gasteiger partial charge in [-0.3, -0.25) is 0 Å². The molecule has 5 aromatic rings. The van der Waals surface area contributed by atoms with E-state index in [-0.39, 0.29) is 0 Å². The number of fused-ring (bicyclic) bond motifs is 6. The average Bonchev–Trinajstić information content (AvgIpc) is 3.51. The second kappa shape index (κ2) is 6.72. The molecule has 142 valence electrons. The van der Waals surface area contributed by atoms with E-state index in [1.54, 1.807) is 18.2 Å². The van der Waals surface area contributed by atoms with Gasteiger partial charge in [-0.25, -0.2) is 0 Å². The Kier molecular flexibility index (Phi) is 4.00. The van der Waals surface area contributed by atoms with Crippen molar-refractivity contribution in [2.24, 2.45) is 0 Å². The first-order chi connectivity index (χ1) is 14.3. The zero-order valence-corrected chi connectivity index (χ0v) is 17.8. The standard InChI is InChI=1S/C26H20OS2/c1-27-18-12-10-17(11-13-18)24-15-22-20-9-5-8-19(20)21-14-23(16-6-3-2-4-7-16)28-25(21)26(22)29-24/h2-4,6-7,10-15H,5,8-9H2,1H3. The summed E-state index contributed by atoms with van der Waals surface area (Å²) in [5.41, 5.74) is 5.76. The summed E-state index contributed by atoms with van der Waals surface area (Å²) in [5, 5.41) is 2.96. The van der Waals surface area contributed by atoms with E-state index in [0.717, 1.165) is 5.75 Å². The largest absolute Gasteiger partial charge is 0.497 e. The first-order valence-corrected chi connectivity index (χ1v) is 11.7. The molecule has 3 aromatic carbocycles. The Morgan fingerprint density at radius 1 is 0.690 bits per heavy atom. The van der Waals surface area contributed by atoms with Crippen LogP contribution in [-0.2, 0) is 12.8 Å². The molecule has 2 aromatic heterocycles. The van der Waals surface area contributed by atoms with Crippen molar-refractivity contribution in [2.75, 3.05) is 7.11 Å². The molecule has 2 heterocycles. The molecule has 0 saturated carbocycles. The summed E-state index contributed by atoms with van der Waals surface area (Å²) >= 11 is 3.89. The van der Waals surface area contributed by atoms with Crippen LogP contribution < -0.4 is 4.74 Å². The number of methoxy groups -OCH3 is 1. The van der Waals surface area contributed by atoms with Crippen molar-refractivity contribution in [3.05, 3.63) is 77.9 Å². The Morgan fingerprint density at radius 2 is 1.24 bits per heavy atom. The summed E-state index contributed by atoms with van der Waals surface area (Å²) in [5.74, 6) is 0.906. The highest BCUT2D eigenvalue weighted by molar-refractivity contribution is 7.30. The summed E-state index contributed by atoms with van der Waals surface area (Å²) in [7, 11) is 1.72. The summed E-state index contributed by atoms with van der Waals surface area (Å²) < 4.78 is 8.25. The van der Waals surface area contributed by atoms with Gasteiger partial charge in [0, 0.05) is 9.75 Å². The molecule has 0 unspecified atom stereocenters. The molecule has 1 aliphatic rings. The van der Waals surface area contributed by atoms with Gasteiger partial charge in [0.15, 0.2) is 0 Å². The van der Waals surface area contributed by atoms with Crippen LogP contribution in [0.2, 0.25) is 0 Å². The number of ether oxygens (including phenoxy) is 1. The molecule has 1 aliphatic carbocycles. The van der Waals surface area contributed by atoms with Crippen LogP contribution in [0.5, 0.6) is 5.75 Å². The molecule has 0 N–H and O–H groups in total. The van der Waals surface area contributed by atoms with Gasteiger partial charge in [-0.2, -0.15) is 0 Å². The van der Waals surface area contributed by atoms with Crippen molar-refractivity contribution in [3.63, 3.8) is 0 Å². The molecular weight excluding hydrogens is 392 g/mol. The highest BCUT2D eigenvalue weighted by atomic mass is 32.1. The van der Waals surface area contributed by atoms with Crippen molar-refractivity contribution >= 4 is 42.8 Å². The predicted octanol–water partition coefficient (Wildman–Crippen LogP) is 7.95. The molecule has 0 spiro atoms. The molecule has 3 heteroatoms. The van der Waals surface area contributed by atoms with Crippen molar-refractivity contribution in [1.82, 2.24) is 0 Å². The van der Waals surface area contributed by atoms with Crippen molar-refractivity contribution in [3.8, 4) is 26.6 Å². The lowest BCUT2D eigenvalue weighted by Crippen LogP contribution is -1.83. The monoisotopic (exact) mass is 412 g/mol. The maximum Gasteiger partial charge on any atom is 0.118 e. The van der Waals surface area contributed by atoms with Gasteiger partial charge >= 0.3 is 0 Å². The summed E-state index contributed by atoms with van der Waals surface area (Å²) in [4.78, 5) is 2.72. The Morgan fingerprint density at radius 3 is 1.79 bits per heavy atom. The van der Waals surface area contributed by atoms with E-state index in [9.17, 15) is 0 Å². The average molecular weight is 413 g/mol. The number of hydrogen-bond acceptors (Lipinski definition) is 3. The minimum absolute atomic E-state index is 0.906. The Labute approximate surface area is 178 Å². The lowest BCUT2D eigenvalue weighted by Gasteiger charge is -2.03. The van der Waals surface area contributed by atoms with Gasteiger partial charge in [0.05, 0.1) is 16.5 Å². The van der Waals surface area contributed by atoms with Crippen LogP contribution in [0.25, 0.3) is 41.1 Å². The van der Waals surface area contributed by atoms with Gasteiger partial charge in [-0.15, -0.1) is 22.7 Å². The molecule has 6 rings (SSSR count). The number of thiophene rings is 2. The Bertz CT molecular complexity index is 1340. The second-order valence-electron chi connectivity index (χ2n) is 7.61. The first kappa shape index (κ1) is 17.3.